The maximum absolute atomic E-state index is 13.4. The van der Waals surface area contributed by atoms with E-state index in [1.54, 1.807) is 30.5 Å². The third kappa shape index (κ3) is 3.50. The molecule has 3 heterocycles. The van der Waals surface area contributed by atoms with Crippen LogP contribution in [0.15, 0.2) is 48.8 Å². The van der Waals surface area contributed by atoms with Gasteiger partial charge >= 0.3 is 0 Å². The van der Waals surface area contributed by atoms with Crippen molar-refractivity contribution in [3.8, 4) is 5.82 Å². The number of hydrogen-bond acceptors (Lipinski definition) is 5. The van der Waals surface area contributed by atoms with Crippen molar-refractivity contribution in [3.63, 3.8) is 0 Å². The fourth-order valence-electron chi connectivity index (χ4n) is 3.25. The fraction of sp³-hybridized carbons (Fsp3) is 0.211. The van der Waals surface area contributed by atoms with E-state index in [9.17, 15) is 9.18 Å². The Morgan fingerprint density at radius 1 is 1.32 bits per heavy atom. The standard InChI is InChI=1S/C19H18ClFN6O/c20-15-9-13(4-5-16(15)21)26-8-6-12(11-26)25-19(28)14-10-24-27(18(14)22)17-3-1-2-7-23-17/h1-5,7,9-10,12H,6,8,11,22H2,(H,25,28). The van der Waals surface area contributed by atoms with Gasteiger partial charge in [-0.1, -0.05) is 17.7 Å². The molecule has 3 N–H and O–H groups in total. The van der Waals surface area contributed by atoms with E-state index < -0.39 is 5.82 Å². The largest absolute Gasteiger partial charge is 0.383 e. The quantitative estimate of drug-likeness (QED) is 0.702. The van der Waals surface area contributed by atoms with Gasteiger partial charge in [0, 0.05) is 31.0 Å². The van der Waals surface area contributed by atoms with Crippen LogP contribution in [0.5, 0.6) is 0 Å². The number of rotatable bonds is 4. The van der Waals surface area contributed by atoms with Gasteiger partial charge in [0.2, 0.25) is 0 Å². The molecule has 2 aromatic heterocycles. The van der Waals surface area contributed by atoms with Crippen LogP contribution in [-0.4, -0.2) is 39.8 Å². The Balaban J connectivity index is 1.43. The smallest absolute Gasteiger partial charge is 0.256 e. The Labute approximate surface area is 165 Å². The van der Waals surface area contributed by atoms with E-state index in [4.69, 9.17) is 17.3 Å². The van der Waals surface area contributed by atoms with Crippen LogP contribution in [0.3, 0.4) is 0 Å². The van der Waals surface area contributed by atoms with E-state index >= 15 is 0 Å². The normalized spacial score (nSPS) is 16.4. The van der Waals surface area contributed by atoms with Crippen molar-refractivity contribution >= 4 is 29.0 Å². The Bertz CT molecular complexity index is 1010. The zero-order valence-electron chi connectivity index (χ0n) is 14.8. The molecule has 1 aliphatic rings. The SMILES string of the molecule is Nc1c(C(=O)NC2CCN(c3ccc(F)c(Cl)c3)C2)cnn1-c1ccccn1. The molecule has 1 atom stereocenters. The first-order valence-corrected chi connectivity index (χ1v) is 9.16. The molecule has 1 aliphatic heterocycles. The third-order valence-electron chi connectivity index (χ3n) is 4.71. The van der Waals surface area contributed by atoms with Crippen molar-refractivity contribution < 1.29 is 9.18 Å². The van der Waals surface area contributed by atoms with Gasteiger partial charge in [-0.2, -0.15) is 9.78 Å². The van der Waals surface area contributed by atoms with Crippen molar-refractivity contribution in [2.24, 2.45) is 0 Å². The summed E-state index contributed by atoms with van der Waals surface area (Å²) in [6.45, 7) is 1.33. The molecule has 9 heteroatoms. The summed E-state index contributed by atoms with van der Waals surface area (Å²) in [6, 6.07) is 9.92. The monoisotopic (exact) mass is 400 g/mol. The molecule has 144 valence electrons. The molecule has 0 radical (unpaired) electrons. The van der Waals surface area contributed by atoms with Crippen molar-refractivity contribution in [2.45, 2.75) is 12.5 Å². The number of carbonyl (C=O) groups is 1. The van der Waals surface area contributed by atoms with Crippen LogP contribution >= 0.6 is 11.6 Å². The molecule has 0 spiro atoms. The summed E-state index contributed by atoms with van der Waals surface area (Å²) >= 11 is 5.86. The van der Waals surface area contributed by atoms with Gasteiger partial charge in [0.25, 0.3) is 5.91 Å². The summed E-state index contributed by atoms with van der Waals surface area (Å²) in [5.41, 5.74) is 7.22. The first-order chi connectivity index (χ1) is 13.5. The maximum Gasteiger partial charge on any atom is 0.256 e. The van der Waals surface area contributed by atoms with Crippen molar-refractivity contribution in [2.75, 3.05) is 23.7 Å². The first-order valence-electron chi connectivity index (χ1n) is 8.78. The van der Waals surface area contributed by atoms with E-state index in [0.29, 0.717) is 17.9 Å². The van der Waals surface area contributed by atoms with E-state index in [-0.39, 0.29) is 22.8 Å². The van der Waals surface area contributed by atoms with Gasteiger partial charge < -0.3 is 16.0 Å². The van der Waals surface area contributed by atoms with Crippen molar-refractivity contribution in [3.05, 3.63) is 65.2 Å². The molecule has 1 saturated heterocycles. The number of aromatic nitrogens is 3. The molecule has 1 unspecified atom stereocenters. The zero-order chi connectivity index (χ0) is 19.7. The lowest BCUT2D eigenvalue weighted by Crippen LogP contribution is -2.37. The van der Waals surface area contributed by atoms with Gasteiger partial charge in [-0.05, 0) is 36.8 Å². The molecule has 0 bridgehead atoms. The van der Waals surface area contributed by atoms with Gasteiger partial charge in [0.15, 0.2) is 5.82 Å². The maximum atomic E-state index is 13.4. The molecular formula is C19H18ClFN6O. The highest BCUT2D eigenvalue weighted by molar-refractivity contribution is 6.31. The summed E-state index contributed by atoms with van der Waals surface area (Å²) in [5.74, 6) is 0.0363. The van der Waals surface area contributed by atoms with E-state index in [1.165, 1.54) is 16.9 Å². The lowest BCUT2D eigenvalue weighted by molar-refractivity contribution is 0.0941. The Kier molecular flexibility index (Phi) is 4.87. The number of halogens is 2. The zero-order valence-corrected chi connectivity index (χ0v) is 15.6. The van der Waals surface area contributed by atoms with E-state index in [0.717, 1.165) is 18.7 Å². The second-order valence-corrected chi connectivity index (χ2v) is 6.95. The molecule has 28 heavy (non-hydrogen) atoms. The number of amides is 1. The van der Waals surface area contributed by atoms with Crippen LogP contribution in [0.25, 0.3) is 5.82 Å². The number of hydrogen-bond donors (Lipinski definition) is 2. The Morgan fingerprint density at radius 3 is 2.93 bits per heavy atom. The van der Waals surface area contributed by atoms with Gasteiger partial charge in [0.1, 0.15) is 17.2 Å². The van der Waals surface area contributed by atoms with Gasteiger partial charge in [-0.15, -0.1) is 0 Å². The van der Waals surface area contributed by atoms with Crippen molar-refractivity contribution in [1.82, 2.24) is 20.1 Å². The highest BCUT2D eigenvalue weighted by Crippen LogP contribution is 2.26. The minimum atomic E-state index is -0.449. The molecule has 0 saturated carbocycles. The number of nitrogens with one attached hydrogen (secondary N) is 1. The Hall–Kier alpha value is -3.13. The summed E-state index contributed by atoms with van der Waals surface area (Å²) in [7, 11) is 0. The number of nitrogens with two attached hydrogens (primary N) is 1. The van der Waals surface area contributed by atoms with E-state index in [1.807, 2.05) is 6.07 Å². The second-order valence-electron chi connectivity index (χ2n) is 6.55. The van der Waals surface area contributed by atoms with Gasteiger partial charge in [-0.25, -0.2) is 9.37 Å². The molecule has 7 nitrogen and oxygen atoms in total. The van der Waals surface area contributed by atoms with Crippen LogP contribution in [0, 0.1) is 5.82 Å². The number of benzene rings is 1. The predicted octanol–water partition coefficient (Wildman–Crippen LogP) is 2.65. The molecule has 0 aliphatic carbocycles. The highest BCUT2D eigenvalue weighted by atomic mass is 35.5. The predicted molar refractivity (Wildman–Crippen MR) is 105 cm³/mol. The number of pyridine rings is 1. The van der Waals surface area contributed by atoms with E-state index in [2.05, 4.69) is 20.3 Å². The van der Waals surface area contributed by atoms with Crippen molar-refractivity contribution in [1.29, 1.82) is 0 Å². The Morgan fingerprint density at radius 2 is 2.18 bits per heavy atom. The summed E-state index contributed by atoms with van der Waals surface area (Å²) in [5, 5.41) is 7.24. The average Bonchev–Trinajstić information content (AvgIpc) is 3.31. The van der Waals surface area contributed by atoms with Gasteiger partial charge in [-0.3, -0.25) is 4.79 Å². The lowest BCUT2D eigenvalue weighted by atomic mass is 10.2. The summed E-state index contributed by atoms with van der Waals surface area (Å²) in [6.07, 6.45) is 3.83. The average molecular weight is 401 g/mol. The van der Waals surface area contributed by atoms with Crippen LogP contribution < -0.4 is 16.0 Å². The number of nitrogen functional groups attached to an aromatic ring is 1. The molecule has 1 fully saturated rings. The molecule has 4 rings (SSSR count). The molecule has 1 aromatic carbocycles. The molecule has 3 aromatic rings. The number of carbonyl (C=O) groups excluding carboxylic acids is 1. The van der Waals surface area contributed by atoms with Crippen LogP contribution in [0.1, 0.15) is 16.8 Å². The second kappa shape index (κ2) is 7.47. The summed E-state index contributed by atoms with van der Waals surface area (Å²) in [4.78, 5) is 18.9. The highest BCUT2D eigenvalue weighted by Gasteiger charge is 2.26. The molecular weight excluding hydrogens is 383 g/mol. The minimum Gasteiger partial charge on any atom is -0.383 e. The minimum absolute atomic E-state index is 0.0612. The molecule has 1 amide bonds. The third-order valence-corrected chi connectivity index (χ3v) is 5.00. The summed E-state index contributed by atoms with van der Waals surface area (Å²) < 4.78 is 14.8. The van der Waals surface area contributed by atoms with Crippen LogP contribution in [0.4, 0.5) is 15.9 Å². The fourth-order valence-corrected chi connectivity index (χ4v) is 3.43. The topological polar surface area (TPSA) is 89.1 Å². The first kappa shape index (κ1) is 18.2. The number of nitrogens with zero attached hydrogens (tertiary/aromatic N) is 4. The van der Waals surface area contributed by atoms with Gasteiger partial charge in [0.05, 0.1) is 11.2 Å². The lowest BCUT2D eigenvalue weighted by Gasteiger charge is -2.19. The van der Waals surface area contributed by atoms with Crippen LogP contribution in [-0.2, 0) is 0 Å². The number of anilines is 2. The van der Waals surface area contributed by atoms with Crippen LogP contribution in [0.2, 0.25) is 5.02 Å².